The summed E-state index contributed by atoms with van der Waals surface area (Å²) in [7, 11) is 0. The Morgan fingerprint density at radius 2 is 2.06 bits per heavy atom. The molecule has 0 bridgehead atoms. The fourth-order valence-electron chi connectivity index (χ4n) is 1.45. The zero-order chi connectivity index (χ0) is 12.2. The van der Waals surface area contributed by atoms with Gasteiger partial charge in [-0.05, 0) is 30.0 Å². The van der Waals surface area contributed by atoms with Crippen LogP contribution in [-0.4, -0.2) is 18.3 Å². The van der Waals surface area contributed by atoms with Crippen molar-refractivity contribution in [2.45, 2.75) is 20.3 Å². The van der Waals surface area contributed by atoms with Gasteiger partial charge in [0, 0.05) is 24.5 Å². The Morgan fingerprint density at radius 1 is 1.38 bits per heavy atom. The van der Waals surface area contributed by atoms with Crippen molar-refractivity contribution in [1.82, 2.24) is 0 Å². The lowest BCUT2D eigenvalue weighted by Crippen LogP contribution is -2.24. The zero-order valence-corrected chi connectivity index (χ0v) is 9.76. The van der Waals surface area contributed by atoms with Crippen molar-refractivity contribution in [2.24, 2.45) is 5.41 Å². The number of aliphatic hydroxyl groups excluding tert-OH is 1. The van der Waals surface area contributed by atoms with Crippen LogP contribution in [0.4, 0.5) is 15.8 Å². The highest BCUT2D eigenvalue weighted by Crippen LogP contribution is 2.22. The Hall–Kier alpha value is -1.29. The molecule has 16 heavy (non-hydrogen) atoms. The Kier molecular flexibility index (Phi) is 4.12. The Morgan fingerprint density at radius 3 is 2.62 bits per heavy atom. The van der Waals surface area contributed by atoms with Gasteiger partial charge in [0.1, 0.15) is 5.82 Å². The molecule has 0 spiro atoms. The maximum absolute atomic E-state index is 13.0. The average Bonchev–Trinajstić information content (AvgIpc) is 2.13. The number of anilines is 2. The smallest absolute Gasteiger partial charge is 0.127 e. The molecule has 0 aliphatic rings. The highest BCUT2D eigenvalue weighted by atomic mass is 19.1. The molecule has 0 atom stereocenters. The molecule has 0 aromatic heterocycles. The standard InChI is InChI=1S/C12H19FN2O/c1-12(2,3-4-16)8-15-11-6-9(13)5-10(14)7-11/h5-7,15-16H,3-4,8,14H2,1-2H3. The molecule has 0 aliphatic heterocycles. The number of nitrogens with two attached hydrogens (primary N) is 1. The molecule has 0 unspecified atom stereocenters. The van der Waals surface area contributed by atoms with Gasteiger partial charge in [-0.15, -0.1) is 0 Å². The van der Waals surface area contributed by atoms with E-state index in [9.17, 15) is 4.39 Å². The van der Waals surface area contributed by atoms with Crippen molar-refractivity contribution in [2.75, 3.05) is 24.2 Å². The molecule has 0 amide bonds. The van der Waals surface area contributed by atoms with Gasteiger partial charge in [0.15, 0.2) is 0 Å². The number of nitrogens with one attached hydrogen (secondary N) is 1. The van der Waals surface area contributed by atoms with Crippen molar-refractivity contribution in [3.63, 3.8) is 0 Å². The maximum Gasteiger partial charge on any atom is 0.127 e. The van der Waals surface area contributed by atoms with Gasteiger partial charge in [0.2, 0.25) is 0 Å². The van der Waals surface area contributed by atoms with E-state index in [0.29, 0.717) is 24.3 Å². The summed E-state index contributed by atoms with van der Waals surface area (Å²) in [5.41, 5.74) is 6.58. The summed E-state index contributed by atoms with van der Waals surface area (Å²) in [6.07, 6.45) is 0.699. The Labute approximate surface area is 95.5 Å². The van der Waals surface area contributed by atoms with Gasteiger partial charge in [-0.3, -0.25) is 0 Å². The molecule has 1 rings (SSSR count). The normalized spacial score (nSPS) is 11.5. The molecular formula is C12H19FN2O. The van der Waals surface area contributed by atoms with Crippen LogP contribution in [0.15, 0.2) is 18.2 Å². The predicted molar refractivity (Wildman–Crippen MR) is 64.8 cm³/mol. The van der Waals surface area contributed by atoms with E-state index < -0.39 is 0 Å². The Balaban J connectivity index is 2.60. The lowest BCUT2D eigenvalue weighted by Gasteiger charge is -2.24. The van der Waals surface area contributed by atoms with Gasteiger partial charge < -0.3 is 16.2 Å². The summed E-state index contributed by atoms with van der Waals surface area (Å²) in [6, 6.07) is 4.38. The fourth-order valence-corrected chi connectivity index (χ4v) is 1.45. The number of aliphatic hydroxyl groups is 1. The third kappa shape index (κ3) is 4.06. The number of benzene rings is 1. The minimum Gasteiger partial charge on any atom is -0.399 e. The summed E-state index contributed by atoms with van der Waals surface area (Å²) in [5.74, 6) is -0.345. The van der Waals surface area contributed by atoms with Crippen molar-refractivity contribution in [3.05, 3.63) is 24.0 Å². The van der Waals surface area contributed by atoms with E-state index in [4.69, 9.17) is 10.8 Å². The molecule has 0 radical (unpaired) electrons. The lowest BCUT2D eigenvalue weighted by molar-refractivity contribution is 0.220. The molecule has 0 heterocycles. The van der Waals surface area contributed by atoms with Crippen molar-refractivity contribution >= 4 is 11.4 Å². The second kappa shape index (κ2) is 5.16. The largest absolute Gasteiger partial charge is 0.399 e. The SMILES string of the molecule is CC(C)(CCO)CNc1cc(N)cc(F)c1. The summed E-state index contributed by atoms with van der Waals surface area (Å²) in [4.78, 5) is 0. The third-order valence-corrected chi connectivity index (χ3v) is 2.48. The van der Waals surface area contributed by atoms with E-state index in [0.717, 1.165) is 0 Å². The molecular weight excluding hydrogens is 207 g/mol. The third-order valence-electron chi connectivity index (χ3n) is 2.48. The highest BCUT2D eigenvalue weighted by molar-refractivity contribution is 5.54. The molecule has 0 fully saturated rings. The summed E-state index contributed by atoms with van der Waals surface area (Å²) >= 11 is 0. The quantitative estimate of drug-likeness (QED) is 0.675. The van der Waals surface area contributed by atoms with E-state index in [-0.39, 0.29) is 17.8 Å². The van der Waals surface area contributed by atoms with E-state index >= 15 is 0 Å². The first-order valence-electron chi connectivity index (χ1n) is 5.34. The number of rotatable bonds is 5. The lowest BCUT2D eigenvalue weighted by atomic mass is 9.89. The van der Waals surface area contributed by atoms with Gasteiger partial charge in [-0.25, -0.2) is 4.39 Å². The summed E-state index contributed by atoms with van der Waals surface area (Å²) in [6.45, 7) is 4.90. The highest BCUT2D eigenvalue weighted by Gasteiger charge is 2.16. The van der Waals surface area contributed by atoms with Gasteiger partial charge in [-0.2, -0.15) is 0 Å². The molecule has 1 aromatic carbocycles. The first-order chi connectivity index (χ1) is 7.43. The summed E-state index contributed by atoms with van der Waals surface area (Å²) < 4.78 is 13.0. The molecule has 4 heteroatoms. The second-order valence-electron chi connectivity index (χ2n) is 4.76. The first kappa shape index (κ1) is 12.8. The minimum absolute atomic E-state index is 0.0319. The van der Waals surface area contributed by atoms with Crippen LogP contribution >= 0.6 is 0 Å². The van der Waals surface area contributed by atoms with Crippen LogP contribution in [0.1, 0.15) is 20.3 Å². The first-order valence-corrected chi connectivity index (χ1v) is 5.34. The predicted octanol–water partition coefficient (Wildman–Crippen LogP) is 2.23. The number of hydrogen-bond donors (Lipinski definition) is 3. The molecule has 0 aliphatic carbocycles. The van der Waals surface area contributed by atoms with Crippen LogP contribution in [0.25, 0.3) is 0 Å². The van der Waals surface area contributed by atoms with E-state index in [1.165, 1.54) is 12.1 Å². The van der Waals surface area contributed by atoms with Crippen LogP contribution in [-0.2, 0) is 0 Å². The molecule has 3 nitrogen and oxygen atoms in total. The molecule has 0 saturated heterocycles. The van der Waals surface area contributed by atoms with Gasteiger partial charge in [0.05, 0.1) is 0 Å². The van der Waals surface area contributed by atoms with Gasteiger partial charge >= 0.3 is 0 Å². The summed E-state index contributed by atoms with van der Waals surface area (Å²) in [5, 5.41) is 12.0. The minimum atomic E-state index is -0.345. The van der Waals surface area contributed by atoms with E-state index in [2.05, 4.69) is 5.32 Å². The maximum atomic E-state index is 13.0. The van der Waals surface area contributed by atoms with Crippen LogP contribution in [0.2, 0.25) is 0 Å². The van der Waals surface area contributed by atoms with E-state index in [1.807, 2.05) is 13.8 Å². The van der Waals surface area contributed by atoms with Crippen LogP contribution in [0.3, 0.4) is 0 Å². The molecule has 1 aromatic rings. The number of hydrogen-bond acceptors (Lipinski definition) is 3. The second-order valence-corrected chi connectivity index (χ2v) is 4.76. The number of nitrogen functional groups attached to an aromatic ring is 1. The average molecular weight is 226 g/mol. The van der Waals surface area contributed by atoms with Crippen molar-refractivity contribution in [3.8, 4) is 0 Å². The van der Waals surface area contributed by atoms with E-state index in [1.54, 1.807) is 6.07 Å². The zero-order valence-electron chi connectivity index (χ0n) is 9.76. The monoisotopic (exact) mass is 226 g/mol. The Bertz CT molecular complexity index is 333. The van der Waals surface area contributed by atoms with Gasteiger partial charge in [0.25, 0.3) is 0 Å². The van der Waals surface area contributed by atoms with Crippen LogP contribution in [0.5, 0.6) is 0 Å². The number of halogens is 1. The topological polar surface area (TPSA) is 58.3 Å². The van der Waals surface area contributed by atoms with Gasteiger partial charge in [-0.1, -0.05) is 13.8 Å². The van der Waals surface area contributed by atoms with Crippen molar-refractivity contribution in [1.29, 1.82) is 0 Å². The van der Waals surface area contributed by atoms with Crippen LogP contribution < -0.4 is 11.1 Å². The molecule has 90 valence electrons. The fraction of sp³-hybridized carbons (Fsp3) is 0.500. The molecule has 0 saturated carbocycles. The van der Waals surface area contributed by atoms with Crippen LogP contribution in [0, 0.1) is 11.2 Å². The van der Waals surface area contributed by atoms with Crippen molar-refractivity contribution < 1.29 is 9.50 Å². The molecule has 4 N–H and O–H groups in total.